The maximum absolute atomic E-state index is 11.3. The van der Waals surface area contributed by atoms with Gasteiger partial charge in [-0.3, -0.25) is 9.69 Å². The zero-order valence-corrected chi connectivity index (χ0v) is 10.2. The van der Waals surface area contributed by atoms with Gasteiger partial charge in [0.15, 0.2) is 0 Å². The van der Waals surface area contributed by atoms with Crippen molar-refractivity contribution in [2.75, 3.05) is 33.4 Å². The molecule has 1 unspecified atom stereocenters. The number of amides is 1. The highest BCUT2D eigenvalue weighted by Crippen LogP contribution is 2.19. The molecule has 0 heterocycles. The maximum atomic E-state index is 11.3. The van der Waals surface area contributed by atoms with E-state index in [9.17, 15) is 4.79 Å². The van der Waals surface area contributed by atoms with E-state index < -0.39 is 0 Å². The predicted octanol–water partition coefficient (Wildman–Crippen LogP) is -0.439. The van der Waals surface area contributed by atoms with Gasteiger partial charge in [0.25, 0.3) is 0 Å². The number of nitrogens with zero attached hydrogens (tertiary/aromatic N) is 1. The van der Waals surface area contributed by atoms with E-state index in [-0.39, 0.29) is 11.9 Å². The van der Waals surface area contributed by atoms with Crippen LogP contribution in [0.1, 0.15) is 19.8 Å². The molecular weight excluding hydrogens is 206 g/mol. The quantitative estimate of drug-likeness (QED) is 0.562. The second kappa shape index (κ2) is 6.83. The second-order valence-corrected chi connectivity index (χ2v) is 4.28. The van der Waals surface area contributed by atoms with Gasteiger partial charge in [0.05, 0.1) is 12.6 Å². The van der Waals surface area contributed by atoms with Crippen molar-refractivity contribution in [3.8, 4) is 0 Å². The molecule has 0 spiro atoms. The Hall–Kier alpha value is -0.650. The third-order valence-electron chi connectivity index (χ3n) is 2.86. The van der Waals surface area contributed by atoms with Crippen LogP contribution in [0.5, 0.6) is 0 Å². The third kappa shape index (κ3) is 4.92. The first kappa shape index (κ1) is 13.4. The largest absolute Gasteiger partial charge is 0.383 e. The van der Waals surface area contributed by atoms with E-state index in [1.807, 2.05) is 0 Å². The molecule has 1 rings (SSSR count). The Morgan fingerprint density at radius 3 is 2.75 bits per heavy atom. The zero-order valence-electron chi connectivity index (χ0n) is 10.2. The number of methoxy groups -OCH3 is 1. The van der Waals surface area contributed by atoms with Crippen LogP contribution in [0.15, 0.2) is 0 Å². The van der Waals surface area contributed by atoms with Gasteiger partial charge in [0.2, 0.25) is 5.91 Å². The summed E-state index contributed by atoms with van der Waals surface area (Å²) in [5.74, 6) is -0.261. The molecule has 0 bridgehead atoms. The van der Waals surface area contributed by atoms with Gasteiger partial charge in [-0.05, 0) is 19.4 Å². The number of nitrogens with two attached hydrogens (primary N) is 1. The smallest absolute Gasteiger partial charge is 0.235 e. The minimum Gasteiger partial charge on any atom is -0.383 e. The molecule has 5 heteroatoms. The highest BCUT2D eigenvalue weighted by Gasteiger charge is 2.28. The van der Waals surface area contributed by atoms with Crippen LogP contribution >= 0.6 is 0 Å². The van der Waals surface area contributed by atoms with Gasteiger partial charge in [-0.1, -0.05) is 6.92 Å². The molecule has 0 radical (unpaired) electrons. The molecule has 1 atom stereocenters. The number of carbonyl (C=O) groups is 1. The highest BCUT2D eigenvalue weighted by atomic mass is 16.5. The van der Waals surface area contributed by atoms with Crippen LogP contribution in [-0.2, 0) is 9.53 Å². The van der Waals surface area contributed by atoms with Crippen LogP contribution in [0, 0.1) is 0 Å². The molecule has 0 saturated heterocycles. The molecule has 3 N–H and O–H groups in total. The van der Waals surface area contributed by atoms with Crippen molar-refractivity contribution in [3.05, 3.63) is 0 Å². The summed E-state index contributed by atoms with van der Waals surface area (Å²) in [6.07, 6.45) is 2.32. The number of likely N-dealkylation sites (N-methyl/N-ethyl adjacent to an activating group) is 1. The van der Waals surface area contributed by atoms with Crippen molar-refractivity contribution >= 4 is 5.91 Å². The fraction of sp³-hybridized carbons (Fsp3) is 0.909. The van der Waals surface area contributed by atoms with E-state index in [4.69, 9.17) is 10.5 Å². The monoisotopic (exact) mass is 229 g/mol. The summed E-state index contributed by atoms with van der Waals surface area (Å²) < 4.78 is 5.03. The van der Waals surface area contributed by atoms with Crippen molar-refractivity contribution in [3.63, 3.8) is 0 Å². The highest BCUT2D eigenvalue weighted by molar-refractivity contribution is 5.80. The molecule has 0 aromatic carbocycles. The standard InChI is InChI=1S/C11H23N3O2/c1-3-14(6-7-16-2)8-10(11(12)15)13-9-4-5-9/h9-10,13H,3-8H2,1-2H3,(H2,12,15). The maximum Gasteiger partial charge on any atom is 0.235 e. The topological polar surface area (TPSA) is 67.6 Å². The molecule has 0 aromatic heterocycles. The number of carbonyl (C=O) groups excluding carboxylic acids is 1. The lowest BCUT2D eigenvalue weighted by Gasteiger charge is -2.25. The number of hydrogen-bond donors (Lipinski definition) is 2. The molecular formula is C11H23N3O2. The van der Waals surface area contributed by atoms with Crippen LogP contribution in [0.4, 0.5) is 0 Å². The molecule has 94 valence electrons. The molecule has 16 heavy (non-hydrogen) atoms. The van der Waals surface area contributed by atoms with E-state index in [1.165, 1.54) is 0 Å². The number of rotatable bonds is 9. The van der Waals surface area contributed by atoms with Crippen LogP contribution in [-0.4, -0.2) is 56.2 Å². The summed E-state index contributed by atoms with van der Waals surface area (Å²) in [6, 6.07) is 0.267. The summed E-state index contributed by atoms with van der Waals surface area (Å²) in [5.41, 5.74) is 5.39. The Balaban J connectivity index is 2.34. The summed E-state index contributed by atoms with van der Waals surface area (Å²) in [6.45, 7) is 5.17. The number of primary amides is 1. The third-order valence-corrected chi connectivity index (χ3v) is 2.86. The Labute approximate surface area is 97.3 Å². The number of nitrogens with one attached hydrogen (secondary N) is 1. The van der Waals surface area contributed by atoms with E-state index in [0.29, 0.717) is 19.2 Å². The Bertz CT molecular complexity index is 219. The fourth-order valence-electron chi connectivity index (χ4n) is 1.62. The van der Waals surface area contributed by atoms with Gasteiger partial charge in [-0.2, -0.15) is 0 Å². The van der Waals surface area contributed by atoms with E-state index in [0.717, 1.165) is 25.9 Å². The molecule has 5 nitrogen and oxygen atoms in total. The molecule has 1 aliphatic rings. The van der Waals surface area contributed by atoms with Gasteiger partial charge in [0.1, 0.15) is 0 Å². The van der Waals surface area contributed by atoms with Crippen LogP contribution in [0.25, 0.3) is 0 Å². The lowest BCUT2D eigenvalue weighted by Crippen LogP contribution is -2.50. The van der Waals surface area contributed by atoms with Crippen molar-refractivity contribution in [1.29, 1.82) is 0 Å². The lowest BCUT2D eigenvalue weighted by atomic mass is 10.2. The molecule has 1 amide bonds. The van der Waals surface area contributed by atoms with E-state index in [2.05, 4.69) is 17.1 Å². The van der Waals surface area contributed by atoms with Gasteiger partial charge < -0.3 is 15.8 Å². The van der Waals surface area contributed by atoms with Crippen LogP contribution < -0.4 is 11.1 Å². The SMILES string of the molecule is CCN(CCOC)CC(NC1CC1)C(N)=O. The molecule has 0 aromatic rings. The Morgan fingerprint density at radius 2 is 2.31 bits per heavy atom. The summed E-state index contributed by atoms with van der Waals surface area (Å²) in [4.78, 5) is 13.5. The first-order valence-electron chi connectivity index (χ1n) is 5.94. The minimum atomic E-state index is -0.261. The average molecular weight is 229 g/mol. The molecule has 1 saturated carbocycles. The minimum absolute atomic E-state index is 0.232. The number of ether oxygens (including phenoxy) is 1. The van der Waals surface area contributed by atoms with Gasteiger partial charge in [0, 0.05) is 26.2 Å². The predicted molar refractivity (Wildman–Crippen MR) is 63.1 cm³/mol. The van der Waals surface area contributed by atoms with E-state index in [1.54, 1.807) is 7.11 Å². The summed E-state index contributed by atoms with van der Waals surface area (Å²) >= 11 is 0. The zero-order chi connectivity index (χ0) is 12.0. The normalized spacial score (nSPS) is 17.7. The summed E-state index contributed by atoms with van der Waals surface area (Å²) in [7, 11) is 1.68. The van der Waals surface area contributed by atoms with Gasteiger partial charge in [-0.25, -0.2) is 0 Å². The van der Waals surface area contributed by atoms with Gasteiger partial charge in [-0.15, -0.1) is 0 Å². The van der Waals surface area contributed by atoms with Crippen molar-refractivity contribution in [2.45, 2.75) is 31.8 Å². The second-order valence-electron chi connectivity index (χ2n) is 4.28. The Kier molecular flexibility index (Phi) is 5.73. The number of hydrogen-bond acceptors (Lipinski definition) is 4. The van der Waals surface area contributed by atoms with E-state index >= 15 is 0 Å². The lowest BCUT2D eigenvalue weighted by molar-refractivity contribution is -0.120. The molecule has 0 aliphatic heterocycles. The van der Waals surface area contributed by atoms with Crippen molar-refractivity contribution in [2.24, 2.45) is 5.73 Å². The van der Waals surface area contributed by atoms with Crippen LogP contribution in [0.2, 0.25) is 0 Å². The Morgan fingerprint density at radius 1 is 1.62 bits per heavy atom. The molecule has 1 fully saturated rings. The summed E-state index contributed by atoms with van der Waals surface area (Å²) in [5, 5.41) is 3.27. The van der Waals surface area contributed by atoms with Crippen molar-refractivity contribution < 1.29 is 9.53 Å². The average Bonchev–Trinajstić information content (AvgIpc) is 3.06. The van der Waals surface area contributed by atoms with Gasteiger partial charge >= 0.3 is 0 Å². The first-order chi connectivity index (χ1) is 7.67. The first-order valence-corrected chi connectivity index (χ1v) is 5.94. The van der Waals surface area contributed by atoms with Crippen LogP contribution in [0.3, 0.4) is 0 Å². The molecule has 1 aliphatic carbocycles. The van der Waals surface area contributed by atoms with Crippen molar-refractivity contribution in [1.82, 2.24) is 10.2 Å². The fourth-order valence-corrected chi connectivity index (χ4v) is 1.62.